The van der Waals surface area contributed by atoms with E-state index in [4.69, 9.17) is 4.74 Å². The first-order valence-corrected chi connectivity index (χ1v) is 11.6. The van der Waals surface area contributed by atoms with E-state index in [-0.39, 0.29) is 5.82 Å². The second kappa shape index (κ2) is 11.5. The van der Waals surface area contributed by atoms with Gasteiger partial charge in [-0.25, -0.2) is 4.39 Å². The summed E-state index contributed by atoms with van der Waals surface area (Å²) in [6.45, 7) is 2.95. The molecule has 0 atom stereocenters. The van der Waals surface area contributed by atoms with Crippen LogP contribution in [0.25, 0.3) is 11.1 Å². The van der Waals surface area contributed by atoms with Gasteiger partial charge in [0, 0.05) is 13.7 Å². The molecule has 1 aliphatic carbocycles. The lowest BCUT2D eigenvalue weighted by molar-refractivity contribution is 0.195. The van der Waals surface area contributed by atoms with Gasteiger partial charge < -0.3 is 4.74 Å². The molecule has 1 aliphatic rings. The molecule has 0 radical (unpaired) electrons. The summed E-state index contributed by atoms with van der Waals surface area (Å²) in [7, 11) is 1.68. The first-order valence-electron chi connectivity index (χ1n) is 11.6. The Balaban J connectivity index is 1.56. The van der Waals surface area contributed by atoms with Gasteiger partial charge in [-0.05, 0) is 78.7 Å². The largest absolute Gasteiger partial charge is 0.385 e. The van der Waals surface area contributed by atoms with Crippen LogP contribution in [-0.4, -0.2) is 13.7 Å². The van der Waals surface area contributed by atoms with E-state index >= 15 is 0 Å². The monoisotopic (exact) mass is 396 g/mol. The van der Waals surface area contributed by atoms with Crippen LogP contribution in [0, 0.1) is 11.7 Å². The minimum absolute atomic E-state index is 0.107. The molecule has 3 rings (SSSR count). The molecule has 2 aromatic carbocycles. The van der Waals surface area contributed by atoms with Crippen LogP contribution in [0.3, 0.4) is 0 Å². The van der Waals surface area contributed by atoms with Gasteiger partial charge in [0.15, 0.2) is 0 Å². The Bertz CT molecular complexity index is 729. The highest BCUT2D eigenvalue weighted by Crippen LogP contribution is 2.38. The number of hydrogen-bond donors (Lipinski definition) is 0. The van der Waals surface area contributed by atoms with Crippen molar-refractivity contribution in [2.24, 2.45) is 5.92 Å². The minimum Gasteiger partial charge on any atom is -0.385 e. The molecule has 0 heterocycles. The third-order valence-electron chi connectivity index (χ3n) is 6.63. The summed E-state index contributed by atoms with van der Waals surface area (Å²) in [5.41, 5.74) is 4.30. The predicted octanol–water partition coefficient (Wildman–Crippen LogP) is 7.93. The Morgan fingerprint density at radius 2 is 1.62 bits per heavy atom. The Kier molecular flexibility index (Phi) is 8.73. The zero-order chi connectivity index (χ0) is 20.5. The van der Waals surface area contributed by atoms with Crippen molar-refractivity contribution in [2.45, 2.75) is 77.0 Å². The Hall–Kier alpha value is -1.67. The van der Waals surface area contributed by atoms with E-state index in [2.05, 4.69) is 31.2 Å². The van der Waals surface area contributed by atoms with Crippen molar-refractivity contribution in [1.29, 1.82) is 0 Å². The standard InChI is InChI=1S/C27H37FO/c1-3-4-5-7-21-9-11-22(12-10-21)23-13-15-24(16-14-23)26-18-17-25(27(28)20-26)8-6-19-29-2/h13-18,20-22H,3-12,19H2,1-2H3. The van der Waals surface area contributed by atoms with Crippen LogP contribution in [0.5, 0.6) is 0 Å². The first kappa shape index (κ1) is 22.0. The van der Waals surface area contributed by atoms with Gasteiger partial charge in [-0.3, -0.25) is 0 Å². The van der Waals surface area contributed by atoms with Crippen LogP contribution in [-0.2, 0) is 11.2 Å². The molecular weight excluding hydrogens is 359 g/mol. The average Bonchev–Trinajstić information content (AvgIpc) is 2.76. The van der Waals surface area contributed by atoms with Crippen LogP contribution in [0.15, 0.2) is 42.5 Å². The fourth-order valence-corrected chi connectivity index (χ4v) is 4.75. The van der Waals surface area contributed by atoms with E-state index in [1.54, 1.807) is 13.2 Å². The number of unbranched alkanes of at least 4 members (excludes halogenated alkanes) is 2. The molecule has 1 fully saturated rings. The van der Waals surface area contributed by atoms with Gasteiger partial charge in [0.1, 0.15) is 5.82 Å². The normalized spacial score (nSPS) is 19.4. The van der Waals surface area contributed by atoms with Crippen molar-refractivity contribution < 1.29 is 9.13 Å². The minimum atomic E-state index is -0.107. The number of benzene rings is 2. The van der Waals surface area contributed by atoms with Crippen LogP contribution >= 0.6 is 0 Å². The lowest BCUT2D eigenvalue weighted by Gasteiger charge is -2.29. The van der Waals surface area contributed by atoms with Crippen molar-refractivity contribution in [3.05, 3.63) is 59.4 Å². The number of methoxy groups -OCH3 is 1. The van der Waals surface area contributed by atoms with E-state index in [9.17, 15) is 4.39 Å². The SMILES string of the molecule is CCCCCC1CCC(c2ccc(-c3ccc(CCCOC)c(F)c3)cc2)CC1. The van der Waals surface area contributed by atoms with E-state index in [1.165, 1.54) is 56.9 Å². The molecule has 0 aromatic heterocycles. The second-order valence-corrected chi connectivity index (χ2v) is 8.74. The summed E-state index contributed by atoms with van der Waals surface area (Å²) in [5, 5.41) is 0. The third kappa shape index (κ3) is 6.40. The fourth-order valence-electron chi connectivity index (χ4n) is 4.75. The van der Waals surface area contributed by atoms with E-state index < -0.39 is 0 Å². The molecule has 0 saturated heterocycles. The van der Waals surface area contributed by atoms with Gasteiger partial charge in [0.05, 0.1) is 0 Å². The zero-order valence-corrected chi connectivity index (χ0v) is 18.3. The van der Waals surface area contributed by atoms with Crippen LogP contribution in [0.2, 0.25) is 0 Å². The van der Waals surface area contributed by atoms with Crippen LogP contribution in [0.4, 0.5) is 4.39 Å². The quantitative estimate of drug-likeness (QED) is 0.370. The van der Waals surface area contributed by atoms with Crippen LogP contribution < -0.4 is 0 Å². The van der Waals surface area contributed by atoms with Crippen LogP contribution in [0.1, 0.15) is 81.8 Å². The average molecular weight is 397 g/mol. The summed E-state index contributed by atoms with van der Waals surface area (Å²) in [6.07, 6.45) is 12.5. The zero-order valence-electron chi connectivity index (χ0n) is 18.3. The molecule has 0 amide bonds. The molecule has 29 heavy (non-hydrogen) atoms. The highest BCUT2D eigenvalue weighted by molar-refractivity contribution is 5.64. The van der Waals surface area contributed by atoms with Crippen molar-refractivity contribution in [3.8, 4) is 11.1 Å². The number of rotatable bonds is 10. The molecule has 1 nitrogen and oxygen atoms in total. The smallest absolute Gasteiger partial charge is 0.127 e. The second-order valence-electron chi connectivity index (χ2n) is 8.74. The maximum Gasteiger partial charge on any atom is 0.127 e. The molecule has 0 bridgehead atoms. The summed E-state index contributed by atoms with van der Waals surface area (Å²) in [6, 6.07) is 14.5. The molecule has 0 aliphatic heterocycles. The number of halogens is 1. The summed E-state index contributed by atoms with van der Waals surface area (Å²) < 4.78 is 19.5. The van der Waals surface area contributed by atoms with Crippen molar-refractivity contribution in [1.82, 2.24) is 0 Å². The lowest BCUT2D eigenvalue weighted by atomic mass is 9.77. The Morgan fingerprint density at radius 3 is 2.28 bits per heavy atom. The van der Waals surface area contributed by atoms with E-state index in [1.807, 2.05) is 12.1 Å². The van der Waals surface area contributed by atoms with Gasteiger partial charge in [0.25, 0.3) is 0 Å². The molecule has 2 heteroatoms. The van der Waals surface area contributed by atoms with Gasteiger partial charge >= 0.3 is 0 Å². The maximum atomic E-state index is 14.4. The number of ether oxygens (including phenoxy) is 1. The summed E-state index contributed by atoms with van der Waals surface area (Å²) in [4.78, 5) is 0. The van der Waals surface area contributed by atoms with E-state index in [0.29, 0.717) is 12.5 Å². The summed E-state index contributed by atoms with van der Waals surface area (Å²) in [5.74, 6) is 1.54. The molecule has 0 N–H and O–H groups in total. The highest BCUT2D eigenvalue weighted by atomic mass is 19.1. The Labute approximate surface area is 176 Å². The van der Waals surface area contributed by atoms with Crippen molar-refractivity contribution in [3.63, 3.8) is 0 Å². The number of aryl methyl sites for hydroxylation is 1. The third-order valence-corrected chi connectivity index (χ3v) is 6.63. The molecule has 1 saturated carbocycles. The maximum absolute atomic E-state index is 14.4. The van der Waals surface area contributed by atoms with Gasteiger partial charge in [0.2, 0.25) is 0 Å². The fraction of sp³-hybridized carbons (Fsp3) is 0.556. The Morgan fingerprint density at radius 1 is 0.897 bits per heavy atom. The first-order chi connectivity index (χ1) is 14.2. The molecule has 0 spiro atoms. The lowest BCUT2D eigenvalue weighted by Crippen LogP contribution is -2.13. The molecular formula is C27H37FO. The summed E-state index contributed by atoms with van der Waals surface area (Å²) >= 11 is 0. The van der Waals surface area contributed by atoms with Gasteiger partial charge in [-0.1, -0.05) is 69.0 Å². The molecule has 0 unspecified atom stereocenters. The number of hydrogen-bond acceptors (Lipinski definition) is 1. The molecule has 158 valence electrons. The highest BCUT2D eigenvalue weighted by Gasteiger charge is 2.22. The predicted molar refractivity (Wildman–Crippen MR) is 121 cm³/mol. The van der Waals surface area contributed by atoms with Gasteiger partial charge in [-0.15, -0.1) is 0 Å². The topological polar surface area (TPSA) is 9.23 Å². The van der Waals surface area contributed by atoms with Gasteiger partial charge in [-0.2, -0.15) is 0 Å². The molecule has 2 aromatic rings. The van der Waals surface area contributed by atoms with Crippen molar-refractivity contribution >= 4 is 0 Å². The van der Waals surface area contributed by atoms with E-state index in [0.717, 1.165) is 35.4 Å². The van der Waals surface area contributed by atoms with Crippen molar-refractivity contribution in [2.75, 3.05) is 13.7 Å².